The molecule has 1 aliphatic rings. The number of carbonyl (C=O) groups is 2. The van der Waals surface area contributed by atoms with E-state index in [1.54, 1.807) is 20.1 Å². The van der Waals surface area contributed by atoms with E-state index in [0.717, 1.165) is 42.8 Å². The smallest absolute Gasteiger partial charge is 0.272 e. The van der Waals surface area contributed by atoms with Gasteiger partial charge >= 0.3 is 0 Å². The lowest BCUT2D eigenvalue weighted by molar-refractivity contribution is -0.121. The van der Waals surface area contributed by atoms with Crippen LogP contribution in [0.3, 0.4) is 0 Å². The number of methoxy groups -OCH3 is 1. The molecule has 1 N–H and O–H groups in total. The molecule has 2 aromatic rings. The summed E-state index contributed by atoms with van der Waals surface area (Å²) in [6.07, 6.45) is 3.22. The molecule has 1 atom stereocenters. The number of aryl methyl sites for hydroxylation is 2. The Morgan fingerprint density at radius 3 is 2.83 bits per heavy atom. The van der Waals surface area contributed by atoms with Crippen molar-refractivity contribution < 1.29 is 14.3 Å². The number of nitrogens with one attached hydrogen (secondary N) is 1. The molecule has 30 heavy (non-hydrogen) atoms. The molecular formula is C23H30N4O3. The van der Waals surface area contributed by atoms with E-state index in [9.17, 15) is 9.59 Å². The fourth-order valence-corrected chi connectivity index (χ4v) is 3.88. The number of rotatable bonds is 7. The molecule has 2 heterocycles. The summed E-state index contributed by atoms with van der Waals surface area (Å²) >= 11 is 0. The van der Waals surface area contributed by atoms with Crippen LogP contribution in [0.1, 0.15) is 53.3 Å². The van der Waals surface area contributed by atoms with E-state index in [4.69, 9.17) is 4.74 Å². The van der Waals surface area contributed by atoms with Gasteiger partial charge in [-0.3, -0.25) is 9.59 Å². The number of aromatic nitrogens is 2. The van der Waals surface area contributed by atoms with Gasteiger partial charge in [0.15, 0.2) is 0 Å². The Balaban J connectivity index is 1.47. The summed E-state index contributed by atoms with van der Waals surface area (Å²) in [5.74, 6) is 1.70. The van der Waals surface area contributed by atoms with Crippen LogP contribution >= 0.6 is 0 Å². The van der Waals surface area contributed by atoms with E-state index in [-0.39, 0.29) is 11.8 Å². The van der Waals surface area contributed by atoms with Gasteiger partial charge in [0.1, 0.15) is 17.3 Å². The average Bonchev–Trinajstić information content (AvgIpc) is 2.75. The predicted molar refractivity (Wildman–Crippen MR) is 114 cm³/mol. The number of piperidine rings is 1. The molecule has 0 unspecified atom stereocenters. The molecule has 2 amide bonds. The van der Waals surface area contributed by atoms with E-state index < -0.39 is 0 Å². The summed E-state index contributed by atoms with van der Waals surface area (Å²) in [6.45, 7) is 5.56. The van der Waals surface area contributed by atoms with Crippen molar-refractivity contribution in [3.63, 3.8) is 0 Å². The Labute approximate surface area is 177 Å². The summed E-state index contributed by atoms with van der Waals surface area (Å²) in [6, 6.07) is 9.41. The second kappa shape index (κ2) is 10.2. The number of ether oxygens (including phenoxy) is 1. The first kappa shape index (κ1) is 21.7. The minimum Gasteiger partial charge on any atom is -0.497 e. The molecule has 0 bridgehead atoms. The summed E-state index contributed by atoms with van der Waals surface area (Å²) in [4.78, 5) is 35.5. The quantitative estimate of drug-likeness (QED) is 0.758. The normalized spacial score (nSPS) is 16.2. The lowest BCUT2D eigenvalue weighted by Crippen LogP contribution is -2.40. The Morgan fingerprint density at radius 2 is 2.07 bits per heavy atom. The number of benzene rings is 1. The maximum atomic E-state index is 12.8. The first-order valence-electron chi connectivity index (χ1n) is 10.5. The maximum absolute atomic E-state index is 12.8. The minimum absolute atomic E-state index is 0.0309. The highest BCUT2D eigenvalue weighted by atomic mass is 16.5. The van der Waals surface area contributed by atoms with Crippen molar-refractivity contribution in [2.24, 2.45) is 5.92 Å². The van der Waals surface area contributed by atoms with E-state index >= 15 is 0 Å². The third kappa shape index (κ3) is 6.02. The molecule has 1 aromatic carbocycles. The lowest BCUT2D eigenvalue weighted by Gasteiger charge is -2.32. The van der Waals surface area contributed by atoms with Crippen molar-refractivity contribution in [1.82, 2.24) is 20.2 Å². The van der Waals surface area contributed by atoms with Gasteiger partial charge in [-0.05, 0) is 62.8 Å². The standard InChI is InChI=1S/C23H30N4O3/c1-16-12-21(26-17(2)25-16)23(29)27-11-5-7-18(15-27)9-10-22(28)24-14-19-6-4-8-20(13-19)30-3/h4,6,8,12-13,18H,5,7,9-11,14-15H2,1-3H3,(H,24,28)/t18-/m0/s1. The largest absolute Gasteiger partial charge is 0.497 e. The third-order valence-electron chi connectivity index (χ3n) is 5.39. The van der Waals surface area contributed by atoms with Crippen LogP contribution in [0.25, 0.3) is 0 Å². The van der Waals surface area contributed by atoms with E-state index in [2.05, 4.69) is 15.3 Å². The second-order valence-electron chi connectivity index (χ2n) is 7.87. The Bertz CT molecular complexity index is 880. The maximum Gasteiger partial charge on any atom is 0.272 e. The molecule has 3 rings (SSSR count). The molecule has 1 fully saturated rings. The van der Waals surface area contributed by atoms with Crippen LogP contribution in [0.2, 0.25) is 0 Å². The van der Waals surface area contributed by atoms with Gasteiger partial charge < -0.3 is 15.0 Å². The lowest BCUT2D eigenvalue weighted by atomic mass is 9.93. The Morgan fingerprint density at radius 1 is 1.23 bits per heavy atom. The molecule has 1 saturated heterocycles. The molecule has 7 nitrogen and oxygen atoms in total. The highest BCUT2D eigenvalue weighted by Gasteiger charge is 2.26. The van der Waals surface area contributed by atoms with Gasteiger partial charge in [-0.2, -0.15) is 0 Å². The van der Waals surface area contributed by atoms with Crippen LogP contribution in [0.4, 0.5) is 0 Å². The van der Waals surface area contributed by atoms with Gasteiger partial charge in [0.2, 0.25) is 5.91 Å². The van der Waals surface area contributed by atoms with Crippen LogP contribution in [-0.4, -0.2) is 46.9 Å². The molecule has 0 radical (unpaired) electrons. The van der Waals surface area contributed by atoms with Gasteiger partial charge in [-0.15, -0.1) is 0 Å². The molecule has 0 aliphatic carbocycles. The minimum atomic E-state index is -0.0456. The van der Waals surface area contributed by atoms with Gasteiger partial charge in [0, 0.05) is 31.7 Å². The van der Waals surface area contributed by atoms with E-state index in [1.807, 2.05) is 36.1 Å². The molecule has 7 heteroatoms. The van der Waals surface area contributed by atoms with Crippen molar-refractivity contribution in [1.29, 1.82) is 0 Å². The monoisotopic (exact) mass is 410 g/mol. The predicted octanol–water partition coefficient (Wildman–Crippen LogP) is 3.05. The average molecular weight is 411 g/mol. The SMILES string of the molecule is COc1cccc(CNC(=O)CC[C@@H]2CCCN(C(=O)c3cc(C)nc(C)n3)C2)c1. The van der Waals surface area contributed by atoms with Gasteiger partial charge in [-0.25, -0.2) is 9.97 Å². The fourth-order valence-electron chi connectivity index (χ4n) is 3.88. The van der Waals surface area contributed by atoms with Crippen molar-refractivity contribution in [2.75, 3.05) is 20.2 Å². The van der Waals surface area contributed by atoms with Crippen LogP contribution in [0.15, 0.2) is 30.3 Å². The van der Waals surface area contributed by atoms with Crippen LogP contribution in [0, 0.1) is 19.8 Å². The third-order valence-corrected chi connectivity index (χ3v) is 5.39. The second-order valence-corrected chi connectivity index (χ2v) is 7.87. The highest BCUT2D eigenvalue weighted by molar-refractivity contribution is 5.92. The summed E-state index contributed by atoms with van der Waals surface area (Å²) in [7, 11) is 1.63. The molecule has 1 aromatic heterocycles. The van der Waals surface area contributed by atoms with Crippen LogP contribution in [-0.2, 0) is 11.3 Å². The molecular weight excluding hydrogens is 380 g/mol. The summed E-state index contributed by atoms with van der Waals surface area (Å²) in [5, 5.41) is 2.97. The molecule has 0 saturated carbocycles. The topological polar surface area (TPSA) is 84.4 Å². The highest BCUT2D eigenvalue weighted by Crippen LogP contribution is 2.22. The zero-order chi connectivity index (χ0) is 21.5. The van der Waals surface area contributed by atoms with E-state index in [1.165, 1.54) is 0 Å². The molecule has 0 spiro atoms. The van der Waals surface area contributed by atoms with Crippen molar-refractivity contribution in [3.8, 4) is 5.75 Å². The molecule has 1 aliphatic heterocycles. The van der Waals surface area contributed by atoms with E-state index in [0.29, 0.717) is 36.9 Å². The number of likely N-dealkylation sites (tertiary alicyclic amines) is 1. The van der Waals surface area contributed by atoms with Crippen molar-refractivity contribution in [2.45, 2.75) is 46.1 Å². The Hall–Kier alpha value is -2.96. The zero-order valence-corrected chi connectivity index (χ0v) is 18.0. The first-order chi connectivity index (χ1) is 14.4. The number of hydrogen-bond acceptors (Lipinski definition) is 5. The Kier molecular flexibility index (Phi) is 7.38. The summed E-state index contributed by atoms with van der Waals surface area (Å²) < 4.78 is 5.21. The fraction of sp³-hybridized carbons (Fsp3) is 0.478. The van der Waals surface area contributed by atoms with Crippen LogP contribution in [0.5, 0.6) is 5.75 Å². The van der Waals surface area contributed by atoms with Crippen molar-refractivity contribution in [3.05, 3.63) is 53.1 Å². The first-order valence-corrected chi connectivity index (χ1v) is 10.5. The van der Waals surface area contributed by atoms with Gasteiger partial charge in [0.05, 0.1) is 7.11 Å². The summed E-state index contributed by atoms with van der Waals surface area (Å²) in [5.41, 5.74) is 2.26. The van der Waals surface area contributed by atoms with Gasteiger partial charge in [0.25, 0.3) is 5.91 Å². The van der Waals surface area contributed by atoms with Crippen molar-refractivity contribution >= 4 is 11.8 Å². The van der Waals surface area contributed by atoms with Gasteiger partial charge in [-0.1, -0.05) is 12.1 Å². The molecule has 160 valence electrons. The number of amides is 2. The number of hydrogen-bond donors (Lipinski definition) is 1. The number of carbonyl (C=O) groups excluding carboxylic acids is 2. The number of nitrogens with zero attached hydrogens (tertiary/aromatic N) is 3. The zero-order valence-electron chi connectivity index (χ0n) is 18.0. The van der Waals surface area contributed by atoms with Crippen LogP contribution < -0.4 is 10.1 Å².